The molecule has 2 aromatic heterocycles. The zero-order valence-electron chi connectivity index (χ0n) is 13.0. The molecule has 6 heteroatoms. The summed E-state index contributed by atoms with van der Waals surface area (Å²) in [5.74, 6) is 1.36. The smallest absolute Gasteiger partial charge is 0.272 e. The summed E-state index contributed by atoms with van der Waals surface area (Å²) in [5, 5.41) is 7.09. The monoisotopic (exact) mass is 299 g/mol. The fraction of sp³-hybridized carbons (Fsp3) is 0.438. The standard InChI is InChI=1S/C16H21N5O/c1-20(2)16(22)14-4-3-5-15(18-14)21-10-7-12(8-11-21)13-6-9-17-19-13/h3-6,9,12H,7-8,10-11H2,1-2H3,(H,17,19). The molecule has 0 atom stereocenters. The average Bonchev–Trinajstić information content (AvgIpc) is 3.09. The van der Waals surface area contributed by atoms with Crippen LogP contribution in [0.5, 0.6) is 0 Å². The van der Waals surface area contributed by atoms with Gasteiger partial charge in [-0.2, -0.15) is 5.10 Å². The third kappa shape index (κ3) is 2.95. The lowest BCUT2D eigenvalue weighted by molar-refractivity contribution is 0.0822. The maximum absolute atomic E-state index is 12.0. The second-order valence-electron chi connectivity index (χ2n) is 5.85. The number of hydrogen-bond donors (Lipinski definition) is 1. The summed E-state index contributed by atoms with van der Waals surface area (Å²) in [6.45, 7) is 1.88. The normalized spacial score (nSPS) is 15.8. The van der Waals surface area contributed by atoms with Crippen molar-refractivity contribution in [2.45, 2.75) is 18.8 Å². The lowest BCUT2D eigenvalue weighted by Crippen LogP contribution is -2.34. The van der Waals surface area contributed by atoms with Gasteiger partial charge in [0, 0.05) is 45.0 Å². The molecule has 1 amide bonds. The van der Waals surface area contributed by atoms with E-state index in [9.17, 15) is 4.79 Å². The fourth-order valence-electron chi connectivity index (χ4n) is 2.86. The van der Waals surface area contributed by atoms with Crippen LogP contribution in [0, 0.1) is 0 Å². The number of carbonyl (C=O) groups is 1. The number of aromatic amines is 1. The molecule has 0 aromatic carbocycles. The van der Waals surface area contributed by atoms with Crippen molar-refractivity contribution in [2.75, 3.05) is 32.1 Å². The molecule has 1 aliphatic rings. The zero-order valence-corrected chi connectivity index (χ0v) is 13.0. The minimum absolute atomic E-state index is 0.0609. The van der Waals surface area contributed by atoms with Crippen LogP contribution in [0.2, 0.25) is 0 Å². The molecule has 2 aromatic rings. The number of aromatic nitrogens is 3. The number of H-pyrrole nitrogens is 1. The lowest BCUT2D eigenvalue weighted by Gasteiger charge is -2.32. The number of nitrogens with one attached hydrogen (secondary N) is 1. The topological polar surface area (TPSA) is 65.1 Å². The van der Waals surface area contributed by atoms with Crippen molar-refractivity contribution in [1.29, 1.82) is 0 Å². The van der Waals surface area contributed by atoms with Crippen LogP contribution in [-0.2, 0) is 0 Å². The zero-order chi connectivity index (χ0) is 15.5. The van der Waals surface area contributed by atoms with E-state index in [2.05, 4.69) is 26.1 Å². The molecule has 1 saturated heterocycles. The first-order chi connectivity index (χ1) is 10.6. The summed E-state index contributed by atoms with van der Waals surface area (Å²) in [6.07, 6.45) is 3.94. The number of hydrogen-bond acceptors (Lipinski definition) is 4. The summed E-state index contributed by atoms with van der Waals surface area (Å²) in [5.41, 5.74) is 1.71. The van der Waals surface area contributed by atoms with E-state index in [0.29, 0.717) is 11.6 Å². The summed E-state index contributed by atoms with van der Waals surface area (Å²) in [6, 6.07) is 7.70. The molecule has 6 nitrogen and oxygen atoms in total. The highest BCUT2D eigenvalue weighted by Crippen LogP contribution is 2.28. The van der Waals surface area contributed by atoms with E-state index in [0.717, 1.165) is 31.7 Å². The maximum Gasteiger partial charge on any atom is 0.272 e. The molecule has 1 fully saturated rings. The summed E-state index contributed by atoms with van der Waals surface area (Å²) >= 11 is 0. The van der Waals surface area contributed by atoms with Crippen LogP contribution < -0.4 is 4.90 Å². The molecular weight excluding hydrogens is 278 g/mol. The van der Waals surface area contributed by atoms with Crippen molar-refractivity contribution in [3.8, 4) is 0 Å². The third-order valence-electron chi connectivity index (χ3n) is 4.14. The van der Waals surface area contributed by atoms with Crippen LogP contribution >= 0.6 is 0 Å². The summed E-state index contributed by atoms with van der Waals surface area (Å²) in [7, 11) is 3.49. The van der Waals surface area contributed by atoms with Gasteiger partial charge in [-0.3, -0.25) is 9.89 Å². The SMILES string of the molecule is CN(C)C(=O)c1cccc(N2CCC(c3ccn[nH]3)CC2)n1. The van der Waals surface area contributed by atoms with Gasteiger partial charge >= 0.3 is 0 Å². The molecule has 0 aliphatic carbocycles. The van der Waals surface area contributed by atoms with E-state index >= 15 is 0 Å². The number of piperidine rings is 1. The fourth-order valence-corrected chi connectivity index (χ4v) is 2.86. The number of rotatable bonds is 3. The molecule has 1 N–H and O–H groups in total. The Labute approximate surface area is 130 Å². The quantitative estimate of drug-likeness (QED) is 0.940. The lowest BCUT2D eigenvalue weighted by atomic mass is 9.94. The Morgan fingerprint density at radius 2 is 2.05 bits per heavy atom. The van der Waals surface area contributed by atoms with Crippen molar-refractivity contribution < 1.29 is 4.79 Å². The number of anilines is 1. The van der Waals surface area contributed by atoms with Crippen molar-refractivity contribution in [3.05, 3.63) is 41.9 Å². The Morgan fingerprint density at radius 3 is 2.68 bits per heavy atom. The van der Waals surface area contributed by atoms with E-state index in [1.807, 2.05) is 12.1 Å². The predicted octanol–water partition coefficient (Wildman–Crippen LogP) is 1.89. The molecule has 3 heterocycles. The minimum atomic E-state index is -0.0609. The van der Waals surface area contributed by atoms with Crippen LogP contribution in [0.25, 0.3) is 0 Å². The van der Waals surface area contributed by atoms with Gasteiger partial charge in [0.2, 0.25) is 0 Å². The Morgan fingerprint density at radius 1 is 1.27 bits per heavy atom. The highest BCUT2D eigenvalue weighted by molar-refractivity contribution is 5.92. The molecular formula is C16H21N5O. The second kappa shape index (κ2) is 6.17. The first-order valence-corrected chi connectivity index (χ1v) is 7.58. The molecule has 0 unspecified atom stereocenters. The summed E-state index contributed by atoms with van der Waals surface area (Å²) in [4.78, 5) is 20.3. The van der Waals surface area contributed by atoms with E-state index in [1.165, 1.54) is 5.69 Å². The van der Waals surface area contributed by atoms with Gasteiger partial charge in [0.1, 0.15) is 11.5 Å². The summed E-state index contributed by atoms with van der Waals surface area (Å²) < 4.78 is 0. The molecule has 0 bridgehead atoms. The van der Waals surface area contributed by atoms with E-state index in [4.69, 9.17) is 0 Å². The van der Waals surface area contributed by atoms with Gasteiger partial charge in [-0.05, 0) is 31.0 Å². The Hall–Kier alpha value is -2.37. The van der Waals surface area contributed by atoms with Crippen molar-refractivity contribution in [1.82, 2.24) is 20.1 Å². The highest BCUT2D eigenvalue weighted by Gasteiger charge is 2.23. The van der Waals surface area contributed by atoms with Gasteiger partial charge in [0.15, 0.2) is 0 Å². The van der Waals surface area contributed by atoms with Gasteiger partial charge in [-0.15, -0.1) is 0 Å². The number of pyridine rings is 1. The molecule has 1 aliphatic heterocycles. The Kier molecular flexibility index (Phi) is 4.09. The van der Waals surface area contributed by atoms with Gasteiger partial charge in [0.05, 0.1) is 0 Å². The molecule has 0 saturated carbocycles. The van der Waals surface area contributed by atoms with E-state index in [-0.39, 0.29) is 5.91 Å². The molecule has 3 rings (SSSR count). The van der Waals surface area contributed by atoms with E-state index < -0.39 is 0 Å². The first-order valence-electron chi connectivity index (χ1n) is 7.58. The number of nitrogens with zero attached hydrogens (tertiary/aromatic N) is 4. The van der Waals surface area contributed by atoms with E-state index in [1.54, 1.807) is 31.3 Å². The van der Waals surface area contributed by atoms with Crippen LogP contribution in [0.3, 0.4) is 0 Å². The van der Waals surface area contributed by atoms with Crippen LogP contribution in [-0.4, -0.2) is 53.2 Å². The van der Waals surface area contributed by atoms with Gasteiger partial charge in [-0.1, -0.05) is 6.07 Å². The molecule has 22 heavy (non-hydrogen) atoms. The van der Waals surface area contributed by atoms with Crippen LogP contribution in [0.15, 0.2) is 30.5 Å². The number of amides is 1. The second-order valence-corrected chi connectivity index (χ2v) is 5.85. The average molecular weight is 299 g/mol. The Bertz CT molecular complexity index is 630. The molecule has 0 spiro atoms. The van der Waals surface area contributed by atoms with Crippen molar-refractivity contribution in [2.24, 2.45) is 0 Å². The molecule has 116 valence electrons. The van der Waals surface area contributed by atoms with Crippen LogP contribution in [0.4, 0.5) is 5.82 Å². The predicted molar refractivity (Wildman–Crippen MR) is 85.0 cm³/mol. The van der Waals surface area contributed by atoms with Gasteiger partial charge in [-0.25, -0.2) is 4.98 Å². The maximum atomic E-state index is 12.0. The largest absolute Gasteiger partial charge is 0.357 e. The van der Waals surface area contributed by atoms with Crippen LogP contribution in [0.1, 0.15) is 34.9 Å². The van der Waals surface area contributed by atoms with Gasteiger partial charge < -0.3 is 9.80 Å². The van der Waals surface area contributed by atoms with Crippen molar-refractivity contribution in [3.63, 3.8) is 0 Å². The molecule has 0 radical (unpaired) electrons. The third-order valence-corrected chi connectivity index (χ3v) is 4.14. The minimum Gasteiger partial charge on any atom is -0.357 e. The first kappa shape index (κ1) is 14.6. The van der Waals surface area contributed by atoms with Gasteiger partial charge in [0.25, 0.3) is 5.91 Å². The Balaban J connectivity index is 1.68. The highest BCUT2D eigenvalue weighted by atomic mass is 16.2. The number of carbonyl (C=O) groups excluding carboxylic acids is 1. The van der Waals surface area contributed by atoms with Crippen molar-refractivity contribution >= 4 is 11.7 Å².